The summed E-state index contributed by atoms with van der Waals surface area (Å²) in [5.41, 5.74) is 3.84. The first-order valence-electron chi connectivity index (χ1n) is 3.26. The van der Waals surface area contributed by atoms with Crippen molar-refractivity contribution < 1.29 is 9.59 Å². The van der Waals surface area contributed by atoms with E-state index in [9.17, 15) is 9.59 Å². The molecule has 0 bridgehead atoms. The van der Waals surface area contributed by atoms with Gasteiger partial charge in [-0.05, 0) is 0 Å². The molecule has 8 heteroatoms. The van der Waals surface area contributed by atoms with E-state index < -0.39 is 11.8 Å². The summed E-state index contributed by atoms with van der Waals surface area (Å²) in [4.78, 5) is 21.7. The van der Waals surface area contributed by atoms with E-state index in [2.05, 4.69) is 10.2 Å². The minimum Gasteiger partial charge on any atom is -0.289 e. The predicted molar refractivity (Wildman–Crippen MR) is 41.9 cm³/mol. The van der Waals surface area contributed by atoms with Gasteiger partial charge in [0, 0.05) is 6.07 Å². The topological polar surface area (TPSA) is 139 Å². The third-order valence-electron chi connectivity index (χ3n) is 1.32. The third kappa shape index (κ3) is 1.80. The van der Waals surface area contributed by atoms with Crippen molar-refractivity contribution in [2.45, 2.75) is 0 Å². The highest BCUT2D eigenvalue weighted by Gasteiger charge is 2.12. The standard InChI is InChI=1S/C5H8N6O2/c6-8-4(12)2-1-3(11-10-2)5(13)9-7/h1H,6-7H2,(H,8,12)(H,9,13)(H,10,11). The van der Waals surface area contributed by atoms with Gasteiger partial charge in [0.25, 0.3) is 11.8 Å². The van der Waals surface area contributed by atoms with Crippen LogP contribution in [-0.2, 0) is 0 Å². The Kier molecular flexibility index (Phi) is 2.57. The van der Waals surface area contributed by atoms with Crippen LogP contribution in [-0.4, -0.2) is 22.0 Å². The molecule has 7 N–H and O–H groups in total. The molecule has 0 aliphatic rings. The van der Waals surface area contributed by atoms with E-state index in [-0.39, 0.29) is 11.4 Å². The number of hydrogen-bond donors (Lipinski definition) is 5. The molecule has 0 radical (unpaired) electrons. The van der Waals surface area contributed by atoms with Crippen molar-refractivity contribution in [3.05, 3.63) is 17.5 Å². The van der Waals surface area contributed by atoms with Crippen LogP contribution in [0.4, 0.5) is 0 Å². The van der Waals surface area contributed by atoms with E-state index in [1.165, 1.54) is 6.07 Å². The highest BCUT2D eigenvalue weighted by Crippen LogP contribution is 1.97. The summed E-state index contributed by atoms with van der Waals surface area (Å²) in [6.45, 7) is 0. The molecule has 1 heterocycles. The SMILES string of the molecule is NNC(=O)c1cc(C(=O)NN)[nH]n1. The van der Waals surface area contributed by atoms with Gasteiger partial charge >= 0.3 is 0 Å². The molecule has 0 aromatic carbocycles. The lowest BCUT2D eigenvalue weighted by molar-refractivity contribution is 0.0943. The summed E-state index contributed by atoms with van der Waals surface area (Å²) in [6.07, 6.45) is 0. The van der Waals surface area contributed by atoms with E-state index in [1.807, 2.05) is 10.9 Å². The van der Waals surface area contributed by atoms with Crippen molar-refractivity contribution in [2.24, 2.45) is 11.7 Å². The molecule has 1 aromatic heterocycles. The summed E-state index contributed by atoms with van der Waals surface area (Å²) in [5, 5.41) is 5.84. The summed E-state index contributed by atoms with van der Waals surface area (Å²) < 4.78 is 0. The second-order valence-electron chi connectivity index (χ2n) is 2.11. The average Bonchev–Trinajstić information content (AvgIpc) is 2.64. The zero-order valence-electron chi connectivity index (χ0n) is 6.50. The molecule has 70 valence electrons. The molecular formula is C5H8N6O2. The normalized spacial score (nSPS) is 9.38. The number of aromatic amines is 1. The van der Waals surface area contributed by atoms with Crippen LogP contribution in [0.5, 0.6) is 0 Å². The lowest BCUT2D eigenvalue weighted by Gasteiger charge is -1.91. The third-order valence-corrected chi connectivity index (χ3v) is 1.32. The Morgan fingerprint density at radius 1 is 1.31 bits per heavy atom. The first-order valence-corrected chi connectivity index (χ1v) is 3.26. The van der Waals surface area contributed by atoms with Crippen LogP contribution in [0.2, 0.25) is 0 Å². The molecule has 0 saturated carbocycles. The quantitative estimate of drug-likeness (QED) is 0.198. The van der Waals surface area contributed by atoms with Crippen molar-refractivity contribution in [1.82, 2.24) is 21.0 Å². The highest BCUT2D eigenvalue weighted by molar-refractivity contribution is 5.97. The fourth-order valence-electron chi connectivity index (χ4n) is 0.706. The van der Waals surface area contributed by atoms with E-state index in [1.54, 1.807) is 0 Å². The fraction of sp³-hybridized carbons (Fsp3) is 0. The lowest BCUT2D eigenvalue weighted by Crippen LogP contribution is -2.31. The van der Waals surface area contributed by atoms with Gasteiger partial charge in [-0.3, -0.25) is 25.5 Å². The second kappa shape index (κ2) is 3.65. The Labute approximate surface area is 72.6 Å². The van der Waals surface area contributed by atoms with Crippen molar-refractivity contribution >= 4 is 11.8 Å². The predicted octanol–water partition coefficient (Wildman–Crippen LogP) is -2.38. The molecule has 0 aliphatic carbocycles. The number of carbonyl (C=O) groups is 2. The number of nitrogen functional groups attached to an aromatic ring is 2. The second-order valence-corrected chi connectivity index (χ2v) is 2.11. The maximum absolute atomic E-state index is 10.9. The zero-order chi connectivity index (χ0) is 9.84. The van der Waals surface area contributed by atoms with Crippen LogP contribution in [0.3, 0.4) is 0 Å². The van der Waals surface area contributed by atoms with Crippen LogP contribution in [0.15, 0.2) is 6.07 Å². The summed E-state index contributed by atoms with van der Waals surface area (Å²) in [7, 11) is 0. The summed E-state index contributed by atoms with van der Waals surface area (Å²) >= 11 is 0. The molecule has 2 amide bonds. The van der Waals surface area contributed by atoms with Gasteiger partial charge < -0.3 is 0 Å². The van der Waals surface area contributed by atoms with Gasteiger partial charge in [-0.25, -0.2) is 11.7 Å². The van der Waals surface area contributed by atoms with Crippen LogP contribution >= 0.6 is 0 Å². The number of nitrogens with zero attached hydrogens (tertiary/aromatic N) is 1. The lowest BCUT2D eigenvalue weighted by atomic mass is 10.3. The fourth-order valence-corrected chi connectivity index (χ4v) is 0.706. The Morgan fingerprint density at radius 3 is 2.46 bits per heavy atom. The highest BCUT2D eigenvalue weighted by atomic mass is 16.2. The largest absolute Gasteiger partial charge is 0.289 e. The van der Waals surface area contributed by atoms with E-state index in [0.717, 1.165) is 0 Å². The monoisotopic (exact) mass is 184 g/mol. The minimum absolute atomic E-state index is 0.0149. The Morgan fingerprint density at radius 2 is 1.92 bits per heavy atom. The van der Waals surface area contributed by atoms with Gasteiger partial charge in [-0.2, -0.15) is 5.10 Å². The van der Waals surface area contributed by atoms with Gasteiger partial charge in [-0.1, -0.05) is 0 Å². The van der Waals surface area contributed by atoms with E-state index in [0.29, 0.717) is 0 Å². The van der Waals surface area contributed by atoms with E-state index in [4.69, 9.17) is 11.7 Å². The van der Waals surface area contributed by atoms with Gasteiger partial charge in [0.1, 0.15) is 5.69 Å². The van der Waals surface area contributed by atoms with Crippen LogP contribution in [0.1, 0.15) is 21.0 Å². The first-order chi connectivity index (χ1) is 6.19. The maximum Gasteiger partial charge on any atom is 0.285 e. The molecule has 0 atom stereocenters. The van der Waals surface area contributed by atoms with Crippen molar-refractivity contribution in [2.75, 3.05) is 0 Å². The maximum atomic E-state index is 10.9. The number of aromatic nitrogens is 2. The number of nitrogens with one attached hydrogen (secondary N) is 3. The minimum atomic E-state index is -0.590. The number of hydrogen-bond acceptors (Lipinski definition) is 5. The summed E-state index contributed by atoms with van der Waals surface area (Å²) in [6, 6.07) is 1.23. The van der Waals surface area contributed by atoms with Gasteiger partial charge in [0.15, 0.2) is 5.69 Å². The Balaban J connectivity index is 2.86. The van der Waals surface area contributed by atoms with Gasteiger partial charge in [0.2, 0.25) is 0 Å². The zero-order valence-corrected chi connectivity index (χ0v) is 6.50. The smallest absolute Gasteiger partial charge is 0.285 e. The molecule has 0 unspecified atom stereocenters. The Hall–Kier alpha value is -1.93. The molecule has 1 aromatic rings. The van der Waals surface area contributed by atoms with E-state index >= 15 is 0 Å². The number of amides is 2. The molecule has 1 rings (SSSR count). The van der Waals surface area contributed by atoms with Crippen LogP contribution in [0, 0.1) is 0 Å². The molecule has 0 aliphatic heterocycles. The van der Waals surface area contributed by atoms with Crippen molar-refractivity contribution in [3.63, 3.8) is 0 Å². The van der Waals surface area contributed by atoms with Crippen LogP contribution < -0.4 is 22.5 Å². The van der Waals surface area contributed by atoms with Gasteiger partial charge in [-0.15, -0.1) is 0 Å². The van der Waals surface area contributed by atoms with Crippen molar-refractivity contribution in [1.29, 1.82) is 0 Å². The Bertz CT molecular complexity index is 301. The molecule has 0 fully saturated rings. The number of rotatable bonds is 2. The molecule has 0 spiro atoms. The number of nitrogens with two attached hydrogens (primary N) is 2. The van der Waals surface area contributed by atoms with Crippen LogP contribution in [0.25, 0.3) is 0 Å². The molecule has 8 nitrogen and oxygen atoms in total. The van der Waals surface area contributed by atoms with Crippen molar-refractivity contribution in [3.8, 4) is 0 Å². The molecule has 0 saturated heterocycles. The number of H-pyrrole nitrogens is 1. The first kappa shape index (κ1) is 9.16. The number of carbonyl (C=O) groups excluding carboxylic acids is 2. The van der Waals surface area contributed by atoms with Gasteiger partial charge in [0.05, 0.1) is 0 Å². The molecule has 13 heavy (non-hydrogen) atoms. The summed E-state index contributed by atoms with van der Waals surface area (Å²) in [5.74, 6) is 8.54. The number of hydrazine groups is 2. The molecular weight excluding hydrogens is 176 g/mol. The average molecular weight is 184 g/mol.